The van der Waals surface area contributed by atoms with E-state index in [1.54, 1.807) is 32.2 Å². The van der Waals surface area contributed by atoms with Gasteiger partial charge in [0.25, 0.3) is 0 Å². The summed E-state index contributed by atoms with van der Waals surface area (Å²) < 4.78 is 21.1. The average molecular weight is 371 g/mol. The fourth-order valence-corrected chi connectivity index (χ4v) is 2.45. The second-order valence-corrected chi connectivity index (χ2v) is 5.19. The van der Waals surface area contributed by atoms with Crippen molar-refractivity contribution < 1.29 is 23.7 Å². The maximum atomic E-state index is 11.9. The predicted octanol–water partition coefficient (Wildman–Crippen LogP) is 2.72. The molecular weight excluding hydrogens is 352 g/mol. The lowest BCUT2D eigenvalue weighted by Crippen LogP contribution is -2.27. The first kappa shape index (κ1) is 18.3. The molecule has 0 saturated carbocycles. The summed E-state index contributed by atoms with van der Waals surface area (Å²) in [7, 11) is 3.09. The molecule has 0 bridgehead atoms. The Morgan fingerprint density at radius 1 is 1.32 bits per heavy atom. The molecule has 0 aliphatic rings. The molecule has 0 spiro atoms. The molecule has 1 rings (SSSR count). The summed E-state index contributed by atoms with van der Waals surface area (Å²) in [6.07, 6.45) is 4.64. The summed E-state index contributed by atoms with van der Waals surface area (Å²) in [6, 6.07) is 5.27. The Balaban J connectivity index is 3.10. The van der Waals surface area contributed by atoms with E-state index in [1.807, 2.05) is 0 Å². The average Bonchev–Trinajstić information content (AvgIpc) is 2.54. The van der Waals surface area contributed by atoms with Crippen molar-refractivity contribution >= 4 is 21.9 Å². The number of hydrogen-bond donors (Lipinski definition) is 0. The number of esters is 1. The van der Waals surface area contributed by atoms with E-state index in [4.69, 9.17) is 25.4 Å². The first-order valence-electron chi connectivity index (χ1n) is 6.66. The molecule has 22 heavy (non-hydrogen) atoms. The molecule has 0 saturated heterocycles. The Hall–Kier alpha value is -1.71. The lowest BCUT2D eigenvalue weighted by atomic mass is 10.1. The first-order valence-corrected chi connectivity index (χ1v) is 7.58. The number of alkyl halides is 1. The third kappa shape index (κ3) is 4.65. The molecule has 0 radical (unpaired) electrons. The second-order valence-electron chi connectivity index (χ2n) is 4.20. The smallest absolute Gasteiger partial charge is 0.322 e. The van der Waals surface area contributed by atoms with Gasteiger partial charge in [0.05, 0.1) is 20.8 Å². The van der Waals surface area contributed by atoms with Crippen LogP contribution >= 0.6 is 15.9 Å². The number of ether oxygens (including phenoxy) is 4. The molecule has 120 valence electrons. The lowest BCUT2D eigenvalue weighted by molar-refractivity contribution is -0.145. The zero-order valence-electron chi connectivity index (χ0n) is 12.8. The highest BCUT2D eigenvalue weighted by Gasteiger charge is 2.30. The molecule has 6 heteroatoms. The Kier molecular flexibility index (Phi) is 7.78. The minimum atomic E-state index is -0.682. The van der Waals surface area contributed by atoms with Crippen LogP contribution in [0, 0.1) is 12.3 Å². The SMILES string of the molecule is C#CCOC(c1ccc(OC)c(OC)c1)C(Br)C(=O)OCC. The van der Waals surface area contributed by atoms with Gasteiger partial charge in [-0.05, 0) is 24.6 Å². The van der Waals surface area contributed by atoms with Gasteiger partial charge in [-0.15, -0.1) is 6.42 Å². The molecule has 2 unspecified atom stereocenters. The number of halogens is 1. The zero-order chi connectivity index (χ0) is 16.5. The topological polar surface area (TPSA) is 54.0 Å². The maximum Gasteiger partial charge on any atom is 0.322 e. The normalized spacial score (nSPS) is 12.9. The van der Waals surface area contributed by atoms with Gasteiger partial charge in [0.2, 0.25) is 0 Å². The van der Waals surface area contributed by atoms with Crippen LogP contribution in [-0.2, 0) is 14.3 Å². The van der Waals surface area contributed by atoms with E-state index in [0.29, 0.717) is 11.5 Å². The molecule has 0 aliphatic carbocycles. The summed E-state index contributed by atoms with van der Waals surface area (Å²) in [4.78, 5) is 11.3. The van der Waals surface area contributed by atoms with Crippen molar-refractivity contribution in [3.8, 4) is 23.8 Å². The highest BCUT2D eigenvalue weighted by atomic mass is 79.9. The van der Waals surface area contributed by atoms with Crippen LogP contribution in [0.5, 0.6) is 11.5 Å². The van der Waals surface area contributed by atoms with Crippen molar-refractivity contribution in [3.05, 3.63) is 23.8 Å². The van der Waals surface area contributed by atoms with Crippen molar-refractivity contribution in [1.29, 1.82) is 0 Å². The van der Waals surface area contributed by atoms with Gasteiger partial charge in [-0.2, -0.15) is 0 Å². The van der Waals surface area contributed by atoms with Crippen molar-refractivity contribution in [1.82, 2.24) is 0 Å². The third-order valence-corrected chi connectivity index (χ3v) is 3.71. The Morgan fingerprint density at radius 3 is 2.55 bits per heavy atom. The molecule has 0 aliphatic heterocycles. The van der Waals surface area contributed by atoms with Crippen LogP contribution in [0.15, 0.2) is 18.2 Å². The van der Waals surface area contributed by atoms with E-state index in [2.05, 4.69) is 21.9 Å². The van der Waals surface area contributed by atoms with Crippen LogP contribution in [0.2, 0.25) is 0 Å². The van der Waals surface area contributed by atoms with Crippen LogP contribution in [0.1, 0.15) is 18.6 Å². The number of hydrogen-bond acceptors (Lipinski definition) is 5. The Morgan fingerprint density at radius 2 is 2.00 bits per heavy atom. The quantitative estimate of drug-likeness (QED) is 0.400. The number of terminal acetylenes is 1. The van der Waals surface area contributed by atoms with E-state index < -0.39 is 16.9 Å². The second kappa shape index (κ2) is 9.34. The van der Waals surface area contributed by atoms with Gasteiger partial charge in [0.15, 0.2) is 11.5 Å². The van der Waals surface area contributed by atoms with Gasteiger partial charge in [-0.1, -0.05) is 27.9 Å². The van der Waals surface area contributed by atoms with Crippen LogP contribution in [0.25, 0.3) is 0 Å². The number of benzene rings is 1. The van der Waals surface area contributed by atoms with Crippen molar-refractivity contribution in [2.75, 3.05) is 27.4 Å². The Bertz CT molecular complexity index is 538. The highest BCUT2D eigenvalue weighted by Crippen LogP contribution is 2.34. The molecule has 0 N–H and O–H groups in total. The minimum absolute atomic E-state index is 0.0700. The van der Waals surface area contributed by atoms with Crippen molar-refractivity contribution in [2.24, 2.45) is 0 Å². The molecule has 1 aromatic rings. The highest BCUT2D eigenvalue weighted by molar-refractivity contribution is 9.10. The van der Waals surface area contributed by atoms with E-state index in [9.17, 15) is 4.79 Å². The largest absolute Gasteiger partial charge is 0.493 e. The van der Waals surface area contributed by atoms with Gasteiger partial charge in [-0.25, -0.2) is 0 Å². The molecule has 0 heterocycles. The standard InChI is InChI=1S/C16H19BrO5/c1-5-9-22-15(14(17)16(18)21-6-2)11-7-8-12(19-3)13(10-11)20-4/h1,7-8,10,14-15H,6,9H2,2-4H3. The Labute approximate surface area is 139 Å². The summed E-state index contributed by atoms with van der Waals surface area (Å²) >= 11 is 3.32. The van der Waals surface area contributed by atoms with Crippen LogP contribution < -0.4 is 9.47 Å². The maximum absolute atomic E-state index is 11.9. The molecule has 0 fully saturated rings. The lowest BCUT2D eigenvalue weighted by Gasteiger charge is -2.22. The van der Waals surface area contributed by atoms with Crippen molar-refractivity contribution in [2.45, 2.75) is 17.9 Å². The van der Waals surface area contributed by atoms with Crippen LogP contribution in [-0.4, -0.2) is 38.2 Å². The molecule has 0 aromatic heterocycles. The number of rotatable bonds is 8. The molecule has 1 aromatic carbocycles. The van der Waals surface area contributed by atoms with Gasteiger partial charge in [0, 0.05) is 0 Å². The number of methoxy groups -OCH3 is 2. The van der Waals surface area contributed by atoms with E-state index in [-0.39, 0.29) is 13.2 Å². The third-order valence-electron chi connectivity index (χ3n) is 2.86. The van der Waals surface area contributed by atoms with E-state index in [0.717, 1.165) is 5.56 Å². The summed E-state index contributed by atoms with van der Waals surface area (Å²) in [6.45, 7) is 2.10. The molecule has 2 atom stereocenters. The minimum Gasteiger partial charge on any atom is -0.493 e. The summed E-state index contributed by atoms with van der Waals surface area (Å²) in [5.74, 6) is 3.10. The van der Waals surface area contributed by atoms with Crippen molar-refractivity contribution in [3.63, 3.8) is 0 Å². The van der Waals surface area contributed by atoms with Gasteiger partial charge < -0.3 is 18.9 Å². The van der Waals surface area contributed by atoms with E-state index in [1.165, 1.54) is 7.11 Å². The number of carbonyl (C=O) groups is 1. The number of carbonyl (C=O) groups excluding carboxylic acids is 1. The van der Waals surface area contributed by atoms with Crippen LogP contribution in [0.4, 0.5) is 0 Å². The predicted molar refractivity (Wildman–Crippen MR) is 86.4 cm³/mol. The van der Waals surface area contributed by atoms with Crippen LogP contribution in [0.3, 0.4) is 0 Å². The summed E-state index contributed by atoms with van der Waals surface area (Å²) in [5.41, 5.74) is 0.725. The zero-order valence-corrected chi connectivity index (χ0v) is 14.4. The molecule has 0 amide bonds. The van der Waals surface area contributed by atoms with Gasteiger partial charge in [0.1, 0.15) is 17.5 Å². The van der Waals surface area contributed by atoms with Gasteiger partial charge >= 0.3 is 5.97 Å². The monoisotopic (exact) mass is 370 g/mol. The molecular formula is C16H19BrO5. The fraction of sp³-hybridized carbons (Fsp3) is 0.438. The van der Waals surface area contributed by atoms with Gasteiger partial charge in [-0.3, -0.25) is 4.79 Å². The van der Waals surface area contributed by atoms with E-state index >= 15 is 0 Å². The molecule has 5 nitrogen and oxygen atoms in total. The first-order chi connectivity index (χ1) is 10.6. The summed E-state index contributed by atoms with van der Waals surface area (Å²) in [5, 5.41) is 0. The fourth-order valence-electron chi connectivity index (χ4n) is 1.86.